The van der Waals surface area contributed by atoms with Crippen LogP contribution in [0.15, 0.2) is 72.9 Å². The molecule has 0 aromatic carbocycles. The fourth-order valence-corrected chi connectivity index (χ4v) is 4.33. The Morgan fingerprint density at radius 1 is 0.561 bits per heavy atom. The predicted octanol–water partition coefficient (Wildman–Crippen LogP) is 11.2. The van der Waals surface area contributed by atoms with Crippen molar-refractivity contribution in [3.63, 3.8) is 0 Å². The van der Waals surface area contributed by atoms with E-state index in [9.17, 15) is 9.59 Å². The Morgan fingerprint density at radius 3 is 1.46 bits per heavy atom. The Labute approximate surface area is 252 Å². The monoisotopic (exact) mass is 568 g/mol. The molecule has 0 aliphatic heterocycles. The first-order chi connectivity index (χ1) is 20.1. The number of carboxylic acids is 1. The van der Waals surface area contributed by atoms with Crippen LogP contribution in [0.4, 0.5) is 0 Å². The normalized spacial score (nSPS) is 13.2. The Bertz CT molecular complexity index is 785. The fraction of sp³-hybridized carbons (Fsp3) is 0.622. The summed E-state index contributed by atoms with van der Waals surface area (Å²) in [6.45, 7) is 4.37. The lowest BCUT2D eigenvalue weighted by atomic mass is 10.0. The number of esters is 1. The van der Waals surface area contributed by atoms with E-state index in [1.165, 1.54) is 25.7 Å². The maximum atomic E-state index is 12.4. The van der Waals surface area contributed by atoms with Crippen molar-refractivity contribution in [3.8, 4) is 0 Å². The maximum Gasteiger partial charge on any atom is 0.306 e. The van der Waals surface area contributed by atoms with E-state index in [0.29, 0.717) is 12.8 Å². The van der Waals surface area contributed by atoms with Gasteiger partial charge in [-0.1, -0.05) is 125 Å². The van der Waals surface area contributed by atoms with E-state index in [4.69, 9.17) is 9.84 Å². The minimum absolute atomic E-state index is 0.00567. The van der Waals surface area contributed by atoms with E-state index in [-0.39, 0.29) is 18.5 Å². The van der Waals surface area contributed by atoms with Crippen LogP contribution in [0, 0.1) is 0 Å². The molecule has 0 amide bonds. The number of carbonyl (C=O) groups excluding carboxylic acids is 1. The van der Waals surface area contributed by atoms with E-state index in [0.717, 1.165) is 83.5 Å². The first kappa shape index (κ1) is 38.4. The second kappa shape index (κ2) is 31.9. The van der Waals surface area contributed by atoms with E-state index in [2.05, 4.69) is 86.8 Å². The summed E-state index contributed by atoms with van der Waals surface area (Å²) < 4.78 is 5.84. The van der Waals surface area contributed by atoms with Gasteiger partial charge in [-0.15, -0.1) is 0 Å². The molecule has 0 spiro atoms. The van der Waals surface area contributed by atoms with Crippen molar-refractivity contribution in [3.05, 3.63) is 72.9 Å². The van der Waals surface area contributed by atoms with Crippen LogP contribution >= 0.6 is 0 Å². The molecule has 232 valence electrons. The number of carboxylic acid groups (broad SMARTS) is 1. The standard InChI is InChI=1S/C37H60O4/c1-3-5-7-9-10-11-12-13-14-15-16-17-18-19-20-21-22-24-30-34-37(40)41-35(31-27-23-8-6-4-2)32-28-25-26-29-33-36(38)39/h5,7,10-11,13-14,16-17,19-20,22,24,35H,3-4,6,8-9,12,15,18,21,23,25-34H2,1-2H3,(H,38,39)/b7-5-,11-10-,14-13-,17-16-,20-19-,24-22-. The summed E-state index contributed by atoms with van der Waals surface area (Å²) in [5.74, 6) is -0.829. The molecule has 1 unspecified atom stereocenters. The van der Waals surface area contributed by atoms with Crippen LogP contribution in [0.3, 0.4) is 0 Å². The van der Waals surface area contributed by atoms with Gasteiger partial charge in [-0.05, 0) is 77.0 Å². The SMILES string of the molecule is CC/C=C\C/C=C\C/C=C\C/C=C\C/C=C\C/C=C\CCC(=O)OC(CCCCCCC)CCCCCCC(=O)O. The molecule has 0 fully saturated rings. The van der Waals surface area contributed by atoms with Crippen LogP contribution in [-0.4, -0.2) is 23.1 Å². The third kappa shape index (κ3) is 31.8. The molecule has 0 aliphatic carbocycles. The Hall–Kier alpha value is -2.62. The third-order valence-electron chi connectivity index (χ3n) is 6.71. The summed E-state index contributed by atoms with van der Waals surface area (Å²) in [6, 6.07) is 0. The van der Waals surface area contributed by atoms with Crippen molar-refractivity contribution in [1.82, 2.24) is 0 Å². The maximum absolute atomic E-state index is 12.4. The van der Waals surface area contributed by atoms with Gasteiger partial charge in [0, 0.05) is 12.8 Å². The summed E-state index contributed by atoms with van der Waals surface area (Å²) in [5.41, 5.74) is 0. The van der Waals surface area contributed by atoms with Crippen molar-refractivity contribution in [1.29, 1.82) is 0 Å². The Kier molecular flexibility index (Phi) is 29.9. The average molecular weight is 569 g/mol. The fourth-order valence-electron chi connectivity index (χ4n) is 4.33. The van der Waals surface area contributed by atoms with Gasteiger partial charge in [0.15, 0.2) is 0 Å². The van der Waals surface area contributed by atoms with Crippen LogP contribution in [0.5, 0.6) is 0 Å². The Morgan fingerprint density at radius 2 is 1.00 bits per heavy atom. The number of hydrogen-bond acceptors (Lipinski definition) is 3. The van der Waals surface area contributed by atoms with Gasteiger partial charge in [-0.25, -0.2) is 0 Å². The molecule has 1 atom stereocenters. The summed E-state index contributed by atoms with van der Waals surface area (Å²) >= 11 is 0. The highest BCUT2D eigenvalue weighted by Gasteiger charge is 2.14. The molecule has 0 rings (SSSR count). The van der Waals surface area contributed by atoms with Crippen molar-refractivity contribution < 1.29 is 19.4 Å². The van der Waals surface area contributed by atoms with Crippen molar-refractivity contribution in [2.45, 2.75) is 148 Å². The van der Waals surface area contributed by atoms with E-state index >= 15 is 0 Å². The highest BCUT2D eigenvalue weighted by Crippen LogP contribution is 2.17. The van der Waals surface area contributed by atoms with Crippen molar-refractivity contribution in [2.24, 2.45) is 0 Å². The quantitative estimate of drug-likeness (QED) is 0.0579. The zero-order valence-corrected chi connectivity index (χ0v) is 26.3. The lowest BCUT2D eigenvalue weighted by Crippen LogP contribution is -2.18. The van der Waals surface area contributed by atoms with Crippen LogP contribution in [0.1, 0.15) is 142 Å². The van der Waals surface area contributed by atoms with Gasteiger partial charge < -0.3 is 9.84 Å². The molecule has 0 radical (unpaired) electrons. The van der Waals surface area contributed by atoms with Crippen LogP contribution in [0.25, 0.3) is 0 Å². The van der Waals surface area contributed by atoms with Crippen LogP contribution in [0.2, 0.25) is 0 Å². The number of ether oxygens (including phenoxy) is 1. The summed E-state index contributed by atoms with van der Waals surface area (Å²) in [4.78, 5) is 23.1. The van der Waals surface area contributed by atoms with Gasteiger partial charge in [0.05, 0.1) is 0 Å². The predicted molar refractivity (Wildman–Crippen MR) is 176 cm³/mol. The largest absolute Gasteiger partial charge is 0.481 e. The summed E-state index contributed by atoms with van der Waals surface area (Å²) in [6.07, 6.45) is 44.9. The molecule has 4 nitrogen and oxygen atoms in total. The lowest BCUT2D eigenvalue weighted by Gasteiger charge is -2.18. The second-order valence-electron chi connectivity index (χ2n) is 10.6. The van der Waals surface area contributed by atoms with Gasteiger partial charge in [0.2, 0.25) is 0 Å². The molecule has 0 aromatic heterocycles. The molecule has 0 bridgehead atoms. The summed E-state index contributed by atoms with van der Waals surface area (Å²) in [7, 11) is 0. The topological polar surface area (TPSA) is 63.6 Å². The average Bonchev–Trinajstić information content (AvgIpc) is 2.95. The van der Waals surface area contributed by atoms with Gasteiger partial charge in [-0.2, -0.15) is 0 Å². The number of unbranched alkanes of at least 4 members (excludes halogenated alkanes) is 7. The highest BCUT2D eigenvalue weighted by atomic mass is 16.5. The number of hydrogen-bond donors (Lipinski definition) is 1. The molecule has 0 saturated carbocycles. The molecule has 0 aliphatic rings. The minimum atomic E-state index is -0.726. The van der Waals surface area contributed by atoms with Gasteiger partial charge >= 0.3 is 11.9 Å². The third-order valence-corrected chi connectivity index (χ3v) is 6.71. The zero-order valence-electron chi connectivity index (χ0n) is 26.3. The molecule has 41 heavy (non-hydrogen) atoms. The van der Waals surface area contributed by atoms with E-state index in [1.807, 2.05) is 0 Å². The highest BCUT2D eigenvalue weighted by molar-refractivity contribution is 5.69. The lowest BCUT2D eigenvalue weighted by molar-refractivity contribution is -0.149. The Balaban J connectivity index is 4.05. The van der Waals surface area contributed by atoms with Crippen LogP contribution in [-0.2, 0) is 14.3 Å². The molecular formula is C37H60O4. The number of rotatable bonds is 28. The van der Waals surface area contributed by atoms with E-state index < -0.39 is 5.97 Å². The van der Waals surface area contributed by atoms with Crippen molar-refractivity contribution in [2.75, 3.05) is 0 Å². The van der Waals surface area contributed by atoms with Crippen molar-refractivity contribution >= 4 is 11.9 Å². The smallest absolute Gasteiger partial charge is 0.306 e. The first-order valence-corrected chi connectivity index (χ1v) is 16.4. The minimum Gasteiger partial charge on any atom is -0.481 e. The van der Waals surface area contributed by atoms with Crippen LogP contribution < -0.4 is 0 Å². The van der Waals surface area contributed by atoms with Gasteiger partial charge in [0.25, 0.3) is 0 Å². The number of carbonyl (C=O) groups is 2. The van der Waals surface area contributed by atoms with Gasteiger partial charge in [-0.3, -0.25) is 9.59 Å². The number of aliphatic carboxylic acids is 1. The number of allylic oxidation sites excluding steroid dienone is 12. The molecule has 0 heterocycles. The second-order valence-corrected chi connectivity index (χ2v) is 10.6. The molecular weight excluding hydrogens is 508 g/mol. The van der Waals surface area contributed by atoms with Gasteiger partial charge in [0.1, 0.15) is 6.10 Å². The van der Waals surface area contributed by atoms with E-state index in [1.54, 1.807) is 0 Å². The zero-order chi connectivity index (χ0) is 30.1. The first-order valence-electron chi connectivity index (χ1n) is 16.4. The molecule has 4 heteroatoms. The summed E-state index contributed by atoms with van der Waals surface area (Å²) in [5, 5.41) is 8.77. The molecule has 0 saturated heterocycles. The molecule has 0 aromatic rings. The molecule has 1 N–H and O–H groups in total.